The Morgan fingerprint density at radius 3 is 2.52 bits per heavy atom. The van der Waals surface area contributed by atoms with Crippen molar-refractivity contribution in [1.29, 1.82) is 0 Å². The lowest BCUT2D eigenvalue weighted by Crippen LogP contribution is -2.40. The van der Waals surface area contributed by atoms with Gasteiger partial charge < -0.3 is 20.7 Å². The molecule has 2 aliphatic rings. The zero-order valence-electron chi connectivity index (χ0n) is 14.0. The average Bonchev–Trinajstić information content (AvgIpc) is 3.03. The SMILES string of the molecule is CN1NC=C(CCCn2c(=O)c3c(n(C)c2=O)N(C)CN3C)N1. The topological polar surface area (TPSA) is 77.8 Å². The van der Waals surface area contributed by atoms with E-state index in [9.17, 15) is 9.59 Å². The second-order valence-electron chi connectivity index (χ2n) is 6.08. The molecule has 1 aromatic heterocycles. The van der Waals surface area contributed by atoms with E-state index in [1.807, 2.05) is 37.1 Å². The zero-order valence-corrected chi connectivity index (χ0v) is 14.0. The number of rotatable bonds is 4. The molecule has 0 unspecified atom stereocenters. The zero-order chi connectivity index (χ0) is 16.7. The van der Waals surface area contributed by atoms with Crippen molar-refractivity contribution in [2.24, 2.45) is 7.05 Å². The number of aromatic nitrogens is 2. The monoisotopic (exact) mass is 321 g/mol. The molecule has 2 N–H and O–H groups in total. The van der Waals surface area contributed by atoms with Gasteiger partial charge in [-0.3, -0.25) is 13.9 Å². The van der Waals surface area contributed by atoms with Crippen LogP contribution in [0.1, 0.15) is 12.8 Å². The second-order valence-corrected chi connectivity index (χ2v) is 6.08. The van der Waals surface area contributed by atoms with Gasteiger partial charge in [-0.25, -0.2) is 4.79 Å². The van der Waals surface area contributed by atoms with Gasteiger partial charge in [0.25, 0.3) is 5.56 Å². The first-order valence-electron chi connectivity index (χ1n) is 7.62. The first-order valence-corrected chi connectivity index (χ1v) is 7.62. The Labute approximate surface area is 134 Å². The lowest BCUT2D eigenvalue weighted by Gasteiger charge is -2.16. The van der Waals surface area contributed by atoms with Gasteiger partial charge in [0, 0.05) is 46.6 Å². The van der Waals surface area contributed by atoms with Crippen LogP contribution in [0, 0.1) is 0 Å². The van der Waals surface area contributed by atoms with E-state index in [-0.39, 0.29) is 11.2 Å². The molecule has 0 fully saturated rings. The molecule has 126 valence electrons. The van der Waals surface area contributed by atoms with Crippen molar-refractivity contribution in [1.82, 2.24) is 25.1 Å². The van der Waals surface area contributed by atoms with Gasteiger partial charge in [-0.1, -0.05) is 0 Å². The Morgan fingerprint density at radius 2 is 1.87 bits per heavy atom. The van der Waals surface area contributed by atoms with Crippen LogP contribution >= 0.6 is 0 Å². The molecule has 23 heavy (non-hydrogen) atoms. The molecule has 0 radical (unpaired) electrons. The summed E-state index contributed by atoms with van der Waals surface area (Å²) in [5.74, 6) is 0.685. The Bertz CT molecular complexity index is 764. The molecule has 2 aliphatic heterocycles. The molecule has 0 atom stereocenters. The van der Waals surface area contributed by atoms with E-state index in [0.29, 0.717) is 31.1 Å². The Hall–Kier alpha value is -2.42. The average molecular weight is 321 g/mol. The summed E-state index contributed by atoms with van der Waals surface area (Å²) in [6, 6.07) is 0. The molecule has 1 aromatic rings. The van der Waals surface area contributed by atoms with E-state index in [1.165, 1.54) is 4.57 Å². The third-order valence-electron chi connectivity index (χ3n) is 4.23. The van der Waals surface area contributed by atoms with Gasteiger partial charge in [-0.15, -0.1) is 5.12 Å². The van der Waals surface area contributed by atoms with Gasteiger partial charge in [0.1, 0.15) is 11.5 Å². The highest BCUT2D eigenvalue weighted by Crippen LogP contribution is 2.28. The fraction of sp³-hybridized carbons (Fsp3) is 0.571. The van der Waals surface area contributed by atoms with Crippen LogP contribution in [-0.2, 0) is 13.6 Å². The molecule has 3 rings (SSSR count). The molecule has 0 aliphatic carbocycles. The number of allylic oxidation sites excluding steroid dienone is 1. The Morgan fingerprint density at radius 1 is 1.13 bits per heavy atom. The fourth-order valence-electron chi connectivity index (χ4n) is 3.18. The van der Waals surface area contributed by atoms with Gasteiger partial charge in [-0.2, -0.15) is 0 Å². The standard InChI is InChI=1S/C14H23N7O2/c1-17-9-18(2)12-11(17)13(22)21(14(23)19(12)3)7-5-6-10-8-15-20(4)16-10/h8,15-16H,5-7,9H2,1-4H3. The quantitative estimate of drug-likeness (QED) is 0.734. The molecule has 3 heterocycles. The van der Waals surface area contributed by atoms with Crippen molar-refractivity contribution in [3.05, 3.63) is 32.7 Å². The van der Waals surface area contributed by atoms with Gasteiger partial charge in [0.2, 0.25) is 0 Å². The van der Waals surface area contributed by atoms with Gasteiger partial charge in [0.05, 0.1) is 6.67 Å². The van der Waals surface area contributed by atoms with E-state index in [4.69, 9.17) is 0 Å². The van der Waals surface area contributed by atoms with E-state index in [0.717, 1.165) is 12.1 Å². The highest BCUT2D eigenvalue weighted by Gasteiger charge is 2.28. The Kier molecular flexibility index (Phi) is 3.80. The van der Waals surface area contributed by atoms with Crippen molar-refractivity contribution in [2.45, 2.75) is 19.4 Å². The summed E-state index contributed by atoms with van der Waals surface area (Å²) in [5, 5.41) is 1.75. The Balaban J connectivity index is 1.83. The third-order valence-corrected chi connectivity index (χ3v) is 4.23. The summed E-state index contributed by atoms with van der Waals surface area (Å²) in [6.45, 7) is 1.01. The predicted octanol–water partition coefficient (Wildman–Crippen LogP) is -1.03. The lowest BCUT2D eigenvalue weighted by molar-refractivity contribution is 0.238. The molecule has 0 saturated heterocycles. The predicted molar refractivity (Wildman–Crippen MR) is 89.0 cm³/mol. The number of nitrogens with zero attached hydrogens (tertiary/aromatic N) is 5. The van der Waals surface area contributed by atoms with Crippen molar-refractivity contribution in [3.63, 3.8) is 0 Å². The maximum absolute atomic E-state index is 12.7. The second kappa shape index (κ2) is 5.65. The lowest BCUT2D eigenvalue weighted by atomic mass is 10.2. The maximum Gasteiger partial charge on any atom is 0.332 e. The molecule has 0 amide bonds. The molecule has 0 saturated carbocycles. The van der Waals surface area contributed by atoms with E-state index in [2.05, 4.69) is 10.9 Å². The van der Waals surface area contributed by atoms with Crippen LogP contribution in [0.5, 0.6) is 0 Å². The van der Waals surface area contributed by atoms with Crippen molar-refractivity contribution < 1.29 is 0 Å². The summed E-state index contributed by atoms with van der Waals surface area (Å²) in [5.41, 5.74) is 7.30. The third kappa shape index (κ3) is 2.56. The van der Waals surface area contributed by atoms with Gasteiger partial charge in [-0.05, 0) is 12.8 Å². The minimum Gasteiger partial charge on any atom is -0.349 e. The van der Waals surface area contributed by atoms with Crippen LogP contribution in [0.4, 0.5) is 11.5 Å². The van der Waals surface area contributed by atoms with Crippen LogP contribution in [0.3, 0.4) is 0 Å². The number of hydrogen-bond acceptors (Lipinski definition) is 7. The number of hydrazine groups is 2. The van der Waals surface area contributed by atoms with Crippen LogP contribution in [0.15, 0.2) is 21.5 Å². The van der Waals surface area contributed by atoms with Crippen LogP contribution < -0.4 is 31.9 Å². The number of nitrogens with one attached hydrogen (secondary N) is 2. The summed E-state index contributed by atoms with van der Waals surface area (Å²) in [6.07, 6.45) is 3.36. The van der Waals surface area contributed by atoms with Gasteiger partial charge in [0.15, 0.2) is 0 Å². The first kappa shape index (κ1) is 15.5. The van der Waals surface area contributed by atoms with Gasteiger partial charge >= 0.3 is 5.69 Å². The van der Waals surface area contributed by atoms with E-state index < -0.39 is 0 Å². The van der Waals surface area contributed by atoms with E-state index >= 15 is 0 Å². The summed E-state index contributed by atoms with van der Waals surface area (Å²) < 4.78 is 2.89. The molecular formula is C14H23N7O2. The van der Waals surface area contributed by atoms with Crippen molar-refractivity contribution in [3.8, 4) is 0 Å². The van der Waals surface area contributed by atoms with Crippen molar-refractivity contribution >= 4 is 11.5 Å². The normalized spacial score (nSPS) is 17.1. The fourth-order valence-corrected chi connectivity index (χ4v) is 3.18. The molecule has 0 spiro atoms. The molecule has 9 heteroatoms. The number of fused-ring (bicyclic) bond motifs is 1. The molecule has 9 nitrogen and oxygen atoms in total. The summed E-state index contributed by atoms with van der Waals surface area (Å²) in [7, 11) is 7.34. The summed E-state index contributed by atoms with van der Waals surface area (Å²) in [4.78, 5) is 29.0. The van der Waals surface area contributed by atoms with Crippen LogP contribution in [0.2, 0.25) is 0 Å². The minimum atomic E-state index is -0.264. The first-order chi connectivity index (χ1) is 10.9. The smallest absolute Gasteiger partial charge is 0.332 e. The van der Waals surface area contributed by atoms with Crippen LogP contribution in [-0.4, -0.2) is 42.1 Å². The van der Waals surface area contributed by atoms with Crippen molar-refractivity contribution in [2.75, 3.05) is 37.6 Å². The molecule has 0 bridgehead atoms. The number of anilines is 2. The molecule has 0 aromatic carbocycles. The highest BCUT2D eigenvalue weighted by molar-refractivity contribution is 5.71. The largest absolute Gasteiger partial charge is 0.349 e. The highest BCUT2D eigenvalue weighted by atomic mass is 16.2. The number of hydrogen-bond donors (Lipinski definition) is 2. The minimum absolute atomic E-state index is 0.210. The molecular weight excluding hydrogens is 298 g/mol. The maximum atomic E-state index is 12.7. The van der Waals surface area contributed by atoms with Crippen LogP contribution in [0.25, 0.3) is 0 Å². The summed E-state index contributed by atoms with van der Waals surface area (Å²) >= 11 is 0. The van der Waals surface area contributed by atoms with E-state index in [1.54, 1.807) is 16.7 Å².